The number of carbonyl (C=O) groups is 1. The van der Waals surface area contributed by atoms with Crippen LogP contribution in [0.2, 0.25) is 0 Å². The van der Waals surface area contributed by atoms with Crippen molar-refractivity contribution in [3.63, 3.8) is 0 Å². The van der Waals surface area contributed by atoms with Gasteiger partial charge in [-0.1, -0.05) is 18.2 Å². The summed E-state index contributed by atoms with van der Waals surface area (Å²) in [6.07, 6.45) is 0. The number of aromatic amines is 1. The van der Waals surface area contributed by atoms with E-state index in [-0.39, 0.29) is 5.91 Å². The highest BCUT2D eigenvalue weighted by molar-refractivity contribution is 5.97. The van der Waals surface area contributed by atoms with Crippen LogP contribution < -0.4 is 4.90 Å². The lowest BCUT2D eigenvalue weighted by atomic mass is 10.1. The summed E-state index contributed by atoms with van der Waals surface area (Å²) in [4.78, 5) is 24.6. The summed E-state index contributed by atoms with van der Waals surface area (Å²) in [6, 6.07) is 16.0. The molecule has 5 nitrogen and oxygen atoms in total. The topological polar surface area (TPSA) is 52.2 Å². The Morgan fingerprint density at radius 3 is 2.54 bits per heavy atom. The van der Waals surface area contributed by atoms with Crippen LogP contribution in [-0.2, 0) is 0 Å². The lowest BCUT2D eigenvalue weighted by molar-refractivity contribution is 0.0747. The summed E-state index contributed by atoms with van der Waals surface area (Å²) in [5, 5.41) is 0. The van der Waals surface area contributed by atoms with Gasteiger partial charge in [0, 0.05) is 37.4 Å². The molecule has 2 heterocycles. The quantitative estimate of drug-likeness (QED) is 0.790. The number of nitrogens with zero attached hydrogens (tertiary/aromatic N) is 3. The predicted molar refractivity (Wildman–Crippen MR) is 95.4 cm³/mol. The number of H-pyrrole nitrogens is 1. The normalized spacial score (nSPS) is 15.0. The third-order valence-corrected chi connectivity index (χ3v) is 4.54. The molecule has 5 heteroatoms. The second kappa shape index (κ2) is 6.00. The molecule has 4 rings (SSSR count). The number of aromatic nitrogens is 2. The van der Waals surface area contributed by atoms with E-state index in [0.29, 0.717) is 0 Å². The molecule has 0 radical (unpaired) electrons. The molecule has 24 heavy (non-hydrogen) atoms. The van der Waals surface area contributed by atoms with Crippen LogP contribution in [-0.4, -0.2) is 47.0 Å². The Kier molecular flexibility index (Phi) is 3.69. The fraction of sp³-hybridized carbons (Fsp3) is 0.263. The Bertz CT molecular complexity index is 863. The summed E-state index contributed by atoms with van der Waals surface area (Å²) in [5.74, 6) is 0.961. The zero-order valence-electron chi connectivity index (χ0n) is 13.7. The van der Waals surface area contributed by atoms with E-state index in [2.05, 4.69) is 39.1 Å². The standard InChI is InChI=1S/C19H20N4O/c1-14-20-17-8-7-15(13-18(17)21-14)19(24)23-11-9-22(10-12-23)16-5-3-2-4-6-16/h2-8,13H,9-12H2,1H3,(H,20,21). The first-order valence-electron chi connectivity index (χ1n) is 8.26. The van der Waals surface area contributed by atoms with Gasteiger partial charge in [-0.3, -0.25) is 4.79 Å². The monoisotopic (exact) mass is 320 g/mol. The van der Waals surface area contributed by atoms with Crippen LogP contribution in [0, 0.1) is 6.92 Å². The van der Waals surface area contributed by atoms with Crippen LogP contribution in [0.1, 0.15) is 16.2 Å². The van der Waals surface area contributed by atoms with Crippen molar-refractivity contribution in [1.82, 2.24) is 14.9 Å². The molecule has 0 atom stereocenters. The van der Waals surface area contributed by atoms with Gasteiger partial charge in [-0.05, 0) is 37.3 Å². The van der Waals surface area contributed by atoms with E-state index in [1.807, 2.05) is 36.1 Å². The zero-order chi connectivity index (χ0) is 16.5. The summed E-state index contributed by atoms with van der Waals surface area (Å²) >= 11 is 0. The predicted octanol–water partition coefficient (Wildman–Crippen LogP) is 2.83. The molecule has 0 unspecified atom stereocenters. The molecule has 0 aliphatic carbocycles. The molecule has 0 saturated carbocycles. The van der Waals surface area contributed by atoms with Crippen molar-refractivity contribution in [2.75, 3.05) is 31.1 Å². The maximum absolute atomic E-state index is 12.8. The van der Waals surface area contributed by atoms with Crippen molar-refractivity contribution in [3.8, 4) is 0 Å². The number of carbonyl (C=O) groups excluding carboxylic acids is 1. The van der Waals surface area contributed by atoms with Gasteiger partial charge in [0.25, 0.3) is 5.91 Å². The second-order valence-corrected chi connectivity index (χ2v) is 6.17. The smallest absolute Gasteiger partial charge is 0.254 e. The average Bonchev–Trinajstić information content (AvgIpc) is 3.01. The van der Waals surface area contributed by atoms with E-state index >= 15 is 0 Å². The van der Waals surface area contributed by atoms with Crippen molar-refractivity contribution in [1.29, 1.82) is 0 Å². The number of hydrogen-bond acceptors (Lipinski definition) is 3. The van der Waals surface area contributed by atoms with Crippen molar-refractivity contribution < 1.29 is 4.79 Å². The minimum atomic E-state index is 0.0943. The van der Waals surface area contributed by atoms with Gasteiger partial charge in [-0.2, -0.15) is 0 Å². The van der Waals surface area contributed by atoms with Crippen molar-refractivity contribution in [2.45, 2.75) is 6.92 Å². The average molecular weight is 320 g/mol. The highest BCUT2D eigenvalue weighted by atomic mass is 16.2. The van der Waals surface area contributed by atoms with Crippen LogP contribution in [0.4, 0.5) is 5.69 Å². The van der Waals surface area contributed by atoms with Gasteiger partial charge in [-0.15, -0.1) is 0 Å². The number of amides is 1. The van der Waals surface area contributed by atoms with Gasteiger partial charge in [-0.25, -0.2) is 4.98 Å². The lowest BCUT2D eigenvalue weighted by Crippen LogP contribution is -2.48. The Labute approximate surface area is 140 Å². The van der Waals surface area contributed by atoms with Crippen LogP contribution in [0.15, 0.2) is 48.5 Å². The van der Waals surface area contributed by atoms with E-state index in [1.54, 1.807) is 0 Å². The molecule has 122 valence electrons. The van der Waals surface area contributed by atoms with Crippen LogP contribution in [0.25, 0.3) is 11.0 Å². The third kappa shape index (κ3) is 2.73. The first kappa shape index (κ1) is 14.8. The molecular formula is C19H20N4O. The van der Waals surface area contributed by atoms with Gasteiger partial charge in [0.2, 0.25) is 0 Å². The number of imidazole rings is 1. The van der Waals surface area contributed by atoms with Crippen LogP contribution >= 0.6 is 0 Å². The van der Waals surface area contributed by atoms with Gasteiger partial charge >= 0.3 is 0 Å². The second-order valence-electron chi connectivity index (χ2n) is 6.17. The lowest BCUT2D eigenvalue weighted by Gasteiger charge is -2.36. The summed E-state index contributed by atoms with van der Waals surface area (Å²) < 4.78 is 0. The molecule has 1 N–H and O–H groups in total. The van der Waals surface area contributed by atoms with Gasteiger partial charge < -0.3 is 14.8 Å². The number of rotatable bonds is 2. The maximum Gasteiger partial charge on any atom is 0.254 e. The number of para-hydroxylation sites is 1. The molecule has 1 aliphatic rings. The molecule has 3 aromatic rings. The Morgan fingerprint density at radius 2 is 1.79 bits per heavy atom. The molecule has 0 spiro atoms. The first-order chi connectivity index (χ1) is 11.7. The zero-order valence-corrected chi connectivity index (χ0v) is 13.7. The first-order valence-corrected chi connectivity index (χ1v) is 8.26. The number of hydrogen-bond donors (Lipinski definition) is 1. The molecule has 0 bridgehead atoms. The fourth-order valence-electron chi connectivity index (χ4n) is 3.26. The fourth-order valence-corrected chi connectivity index (χ4v) is 3.26. The Morgan fingerprint density at radius 1 is 1.04 bits per heavy atom. The molecular weight excluding hydrogens is 300 g/mol. The minimum absolute atomic E-state index is 0.0943. The molecule has 1 aromatic heterocycles. The van der Waals surface area contributed by atoms with Gasteiger partial charge in [0.05, 0.1) is 11.0 Å². The number of nitrogens with one attached hydrogen (secondary N) is 1. The van der Waals surface area contributed by atoms with E-state index in [4.69, 9.17) is 0 Å². The van der Waals surface area contributed by atoms with E-state index in [1.165, 1.54) is 5.69 Å². The molecule has 1 saturated heterocycles. The molecule has 2 aromatic carbocycles. The van der Waals surface area contributed by atoms with Gasteiger partial charge in [0.15, 0.2) is 0 Å². The number of fused-ring (bicyclic) bond motifs is 1. The summed E-state index contributed by atoms with van der Waals surface area (Å²) in [6.45, 7) is 5.13. The largest absolute Gasteiger partial charge is 0.368 e. The third-order valence-electron chi connectivity index (χ3n) is 4.54. The Hall–Kier alpha value is -2.82. The molecule has 1 amide bonds. The van der Waals surface area contributed by atoms with Crippen LogP contribution in [0.5, 0.6) is 0 Å². The highest BCUT2D eigenvalue weighted by Gasteiger charge is 2.22. The van der Waals surface area contributed by atoms with Gasteiger partial charge in [0.1, 0.15) is 5.82 Å². The molecule has 1 aliphatic heterocycles. The van der Waals surface area contributed by atoms with E-state index < -0.39 is 0 Å². The summed E-state index contributed by atoms with van der Waals surface area (Å²) in [7, 11) is 0. The number of benzene rings is 2. The van der Waals surface area contributed by atoms with E-state index in [9.17, 15) is 4.79 Å². The Balaban J connectivity index is 1.47. The minimum Gasteiger partial charge on any atom is -0.368 e. The van der Waals surface area contributed by atoms with Crippen molar-refractivity contribution >= 4 is 22.6 Å². The van der Waals surface area contributed by atoms with Crippen LogP contribution in [0.3, 0.4) is 0 Å². The highest BCUT2D eigenvalue weighted by Crippen LogP contribution is 2.18. The summed E-state index contributed by atoms with van der Waals surface area (Å²) in [5.41, 5.74) is 3.76. The number of aryl methyl sites for hydroxylation is 1. The number of anilines is 1. The van der Waals surface area contributed by atoms with Crippen molar-refractivity contribution in [2.24, 2.45) is 0 Å². The van der Waals surface area contributed by atoms with E-state index in [0.717, 1.165) is 48.6 Å². The number of piperazine rings is 1. The molecule has 1 fully saturated rings. The maximum atomic E-state index is 12.8. The van der Waals surface area contributed by atoms with Crippen molar-refractivity contribution in [3.05, 3.63) is 59.9 Å². The SMILES string of the molecule is Cc1nc2ccc(C(=O)N3CCN(c4ccccc4)CC3)cc2[nH]1.